The van der Waals surface area contributed by atoms with E-state index in [1.165, 1.54) is 11.3 Å². The summed E-state index contributed by atoms with van der Waals surface area (Å²) in [6.45, 7) is 12.2. The quantitative estimate of drug-likeness (QED) is 0.878. The van der Waals surface area contributed by atoms with Crippen LogP contribution in [0.4, 0.5) is 5.69 Å². The second-order valence-electron chi connectivity index (χ2n) is 6.79. The lowest BCUT2D eigenvalue weighted by Crippen LogP contribution is -2.46. The minimum absolute atomic E-state index is 0.122. The van der Waals surface area contributed by atoms with Crippen molar-refractivity contribution >= 4 is 5.69 Å². The van der Waals surface area contributed by atoms with Crippen molar-refractivity contribution in [3.63, 3.8) is 0 Å². The second kappa shape index (κ2) is 5.31. The predicted octanol–water partition coefficient (Wildman–Crippen LogP) is 3.42. The zero-order valence-corrected chi connectivity index (χ0v) is 13.0. The molecule has 2 nitrogen and oxygen atoms in total. The summed E-state index contributed by atoms with van der Waals surface area (Å²) in [6.07, 6.45) is 0. The van der Waals surface area contributed by atoms with Crippen molar-refractivity contribution in [2.45, 2.75) is 45.6 Å². The molecule has 1 N–H and O–H groups in total. The van der Waals surface area contributed by atoms with Gasteiger partial charge in [-0.05, 0) is 44.0 Å². The fraction of sp³-hybridized carbons (Fsp3) is 0.625. The molecule has 1 rings (SSSR count). The Kier molecular flexibility index (Phi) is 4.44. The Morgan fingerprint density at radius 3 is 1.89 bits per heavy atom. The molecule has 0 aliphatic rings. The SMILES string of the molecule is CNC(C)(C)CN(C)c1ccc(C(C)(C)C)cc1. The topological polar surface area (TPSA) is 15.3 Å². The van der Waals surface area contributed by atoms with Gasteiger partial charge in [0.2, 0.25) is 0 Å². The maximum absolute atomic E-state index is 3.34. The average Bonchev–Trinajstić information content (AvgIpc) is 2.27. The fourth-order valence-electron chi connectivity index (χ4n) is 1.98. The van der Waals surface area contributed by atoms with Gasteiger partial charge in [0, 0.05) is 24.8 Å². The van der Waals surface area contributed by atoms with Crippen molar-refractivity contribution in [2.24, 2.45) is 0 Å². The molecule has 0 atom stereocenters. The van der Waals surface area contributed by atoms with Crippen LogP contribution >= 0.6 is 0 Å². The average molecular weight is 248 g/mol. The Bertz CT molecular complexity index is 371. The van der Waals surface area contributed by atoms with Gasteiger partial charge >= 0.3 is 0 Å². The monoisotopic (exact) mass is 248 g/mol. The summed E-state index contributed by atoms with van der Waals surface area (Å²) in [5.41, 5.74) is 3.00. The maximum Gasteiger partial charge on any atom is 0.0364 e. The van der Waals surface area contributed by atoms with Crippen LogP contribution in [0, 0.1) is 0 Å². The van der Waals surface area contributed by atoms with E-state index < -0.39 is 0 Å². The third kappa shape index (κ3) is 4.02. The van der Waals surface area contributed by atoms with Gasteiger partial charge in [0.25, 0.3) is 0 Å². The molecule has 0 heterocycles. The number of nitrogens with zero attached hydrogens (tertiary/aromatic N) is 1. The smallest absolute Gasteiger partial charge is 0.0364 e. The normalized spacial score (nSPS) is 12.6. The third-order valence-corrected chi connectivity index (χ3v) is 3.48. The number of nitrogens with one attached hydrogen (secondary N) is 1. The van der Waals surface area contributed by atoms with Crippen LogP contribution in [-0.4, -0.2) is 26.2 Å². The molecule has 0 aliphatic carbocycles. The molecule has 102 valence electrons. The molecule has 0 amide bonds. The Morgan fingerprint density at radius 1 is 1.00 bits per heavy atom. The molecule has 18 heavy (non-hydrogen) atoms. The van der Waals surface area contributed by atoms with Crippen molar-refractivity contribution in [3.8, 4) is 0 Å². The third-order valence-electron chi connectivity index (χ3n) is 3.48. The molecule has 0 aliphatic heterocycles. The summed E-state index contributed by atoms with van der Waals surface area (Å²) < 4.78 is 0. The summed E-state index contributed by atoms with van der Waals surface area (Å²) in [5.74, 6) is 0. The fourth-order valence-corrected chi connectivity index (χ4v) is 1.98. The standard InChI is InChI=1S/C16H28N2/c1-15(2,3)13-8-10-14(11-9-13)18(7)12-16(4,5)17-6/h8-11,17H,12H2,1-7H3. The lowest BCUT2D eigenvalue weighted by Gasteiger charge is -2.31. The lowest BCUT2D eigenvalue weighted by molar-refractivity contribution is 0.428. The van der Waals surface area contributed by atoms with Crippen molar-refractivity contribution in [3.05, 3.63) is 29.8 Å². The summed E-state index contributed by atoms with van der Waals surface area (Å²) in [4.78, 5) is 2.29. The number of hydrogen-bond acceptors (Lipinski definition) is 2. The number of benzene rings is 1. The molecule has 0 bridgehead atoms. The van der Waals surface area contributed by atoms with Crippen LogP contribution in [-0.2, 0) is 5.41 Å². The molecule has 0 saturated carbocycles. The predicted molar refractivity (Wildman–Crippen MR) is 81.6 cm³/mol. The zero-order valence-electron chi connectivity index (χ0n) is 13.0. The first-order valence-electron chi connectivity index (χ1n) is 6.66. The van der Waals surface area contributed by atoms with Gasteiger partial charge in [-0.3, -0.25) is 0 Å². The maximum atomic E-state index is 3.34. The van der Waals surface area contributed by atoms with E-state index in [0.717, 1.165) is 6.54 Å². The van der Waals surface area contributed by atoms with Crippen molar-refractivity contribution in [1.29, 1.82) is 0 Å². The number of anilines is 1. The Balaban J connectivity index is 2.80. The number of likely N-dealkylation sites (N-methyl/N-ethyl adjacent to an activating group) is 2. The van der Waals surface area contributed by atoms with E-state index in [9.17, 15) is 0 Å². The highest BCUT2D eigenvalue weighted by molar-refractivity contribution is 5.48. The molecular formula is C16H28N2. The molecule has 0 radical (unpaired) electrons. The molecule has 0 saturated heterocycles. The summed E-state index contributed by atoms with van der Waals surface area (Å²) >= 11 is 0. The zero-order chi connectivity index (χ0) is 14.0. The highest BCUT2D eigenvalue weighted by atomic mass is 15.1. The summed E-state index contributed by atoms with van der Waals surface area (Å²) in [7, 11) is 4.15. The molecule has 2 heteroatoms. The van der Waals surface area contributed by atoms with E-state index in [1.807, 2.05) is 7.05 Å². The van der Waals surface area contributed by atoms with Crippen molar-refractivity contribution in [2.75, 3.05) is 25.5 Å². The van der Waals surface area contributed by atoms with Crippen LogP contribution in [0.3, 0.4) is 0 Å². The van der Waals surface area contributed by atoms with Crippen LogP contribution in [0.15, 0.2) is 24.3 Å². The van der Waals surface area contributed by atoms with Gasteiger partial charge in [-0.25, -0.2) is 0 Å². The van der Waals surface area contributed by atoms with Crippen LogP contribution < -0.4 is 10.2 Å². The number of rotatable bonds is 4. The van der Waals surface area contributed by atoms with Gasteiger partial charge in [-0.2, -0.15) is 0 Å². The highest BCUT2D eigenvalue weighted by Gasteiger charge is 2.18. The molecule has 0 spiro atoms. The van der Waals surface area contributed by atoms with Crippen LogP contribution in [0.5, 0.6) is 0 Å². The molecular weight excluding hydrogens is 220 g/mol. The Morgan fingerprint density at radius 2 is 1.50 bits per heavy atom. The van der Waals surface area contributed by atoms with Crippen molar-refractivity contribution < 1.29 is 0 Å². The van der Waals surface area contributed by atoms with E-state index in [1.54, 1.807) is 0 Å². The van der Waals surface area contributed by atoms with Crippen molar-refractivity contribution in [1.82, 2.24) is 5.32 Å². The van der Waals surface area contributed by atoms with E-state index in [0.29, 0.717) is 0 Å². The van der Waals surface area contributed by atoms with Gasteiger partial charge in [0.1, 0.15) is 0 Å². The largest absolute Gasteiger partial charge is 0.373 e. The molecule has 1 aromatic rings. The van der Waals surface area contributed by atoms with E-state index >= 15 is 0 Å². The molecule has 0 aromatic heterocycles. The molecule has 0 fully saturated rings. The van der Waals surface area contributed by atoms with Gasteiger partial charge in [-0.1, -0.05) is 32.9 Å². The van der Waals surface area contributed by atoms with Gasteiger partial charge in [0.15, 0.2) is 0 Å². The van der Waals surface area contributed by atoms with Gasteiger partial charge in [-0.15, -0.1) is 0 Å². The number of hydrogen-bond donors (Lipinski definition) is 1. The van der Waals surface area contributed by atoms with Gasteiger partial charge in [0.05, 0.1) is 0 Å². The minimum atomic E-state index is 0.122. The molecule has 1 aromatic carbocycles. The van der Waals surface area contributed by atoms with Crippen LogP contribution in [0.25, 0.3) is 0 Å². The first kappa shape index (κ1) is 15.0. The minimum Gasteiger partial charge on any atom is -0.373 e. The second-order valence-corrected chi connectivity index (χ2v) is 6.79. The van der Waals surface area contributed by atoms with E-state index in [4.69, 9.17) is 0 Å². The molecule has 0 unspecified atom stereocenters. The summed E-state index contributed by atoms with van der Waals surface area (Å²) in [6, 6.07) is 8.90. The first-order valence-corrected chi connectivity index (χ1v) is 6.66. The summed E-state index contributed by atoms with van der Waals surface area (Å²) in [5, 5.41) is 3.34. The Hall–Kier alpha value is -1.02. The van der Waals surface area contributed by atoms with Crippen LogP contribution in [0.2, 0.25) is 0 Å². The van der Waals surface area contributed by atoms with Crippen LogP contribution in [0.1, 0.15) is 40.2 Å². The van der Waals surface area contributed by atoms with E-state index in [2.05, 4.69) is 76.1 Å². The highest BCUT2D eigenvalue weighted by Crippen LogP contribution is 2.25. The Labute approximate surface area is 112 Å². The van der Waals surface area contributed by atoms with E-state index in [-0.39, 0.29) is 11.0 Å². The lowest BCUT2D eigenvalue weighted by atomic mass is 9.87. The van der Waals surface area contributed by atoms with Gasteiger partial charge < -0.3 is 10.2 Å². The first-order chi connectivity index (χ1) is 8.15.